The smallest absolute Gasteiger partial charge is 0.192 e. The molecule has 1 N–H and O–H groups in total. The minimum atomic E-state index is -1.82. The lowest BCUT2D eigenvalue weighted by Gasteiger charge is -2.39. The number of pyridine rings is 1. The fourth-order valence-electron chi connectivity index (χ4n) is 2.40. The average Bonchev–Trinajstić information content (AvgIpc) is 2.45. The third kappa shape index (κ3) is 7.68. The van der Waals surface area contributed by atoms with E-state index in [9.17, 15) is 4.55 Å². The van der Waals surface area contributed by atoms with E-state index in [1.807, 2.05) is 45.2 Å². The van der Waals surface area contributed by atoms with Crippen LogP contribution in [-0.2, 0) is 22.2 Å². The van der Waals surface area contributed by atoms with Crippen LogP contribution in [0.3, 0.4) is 0 Å². The second kappa shape index (κ2) is 9.19. The minimum absolute atomic E-state index is 0.0599. The van der Waals surface area contributed by atoms with Gasteiger partial charge in [-0.2, -0.15) is 0 Å². The largest absolute Gasteiger partial charge is 0.598 e. The summed E-state index contributed by atoms with van der Waals surface area (Å²) in [5, 5.41) is 0.180. The summed E-state index contributed by atoms with van der Waals surface area (Å²) in [6.45, 7) is 19.4. The molecular weight excluding hydrogens is 360 g/mol. The molecule has 0 aromatic carbocycles. The van der Waals surface area contributed by atoms with Crippen LogP contribution >= 0.6 is 0 Å². The molecule has 0 spiro atoms. The predicted molar refractivity (Wildman–Crippen MR) is 115 cm³/mol. The Balaban J connectivity index is 2.84. The van der Waals surface area contributed by atoms with Crippen molar-refractivity contribution in [1.82, 2.24) is 9.71 Å². The summed E-state index contributed by atoms with van der Waals surface area (Å²) in [5.41, 5.74) is 1.01. The molecule has 1 aromatic rings. The number of rotatable bonds is 8. The third-order valence-electron chi connectivity index (χ3n) is 4.93. The van der Waals surface area contributed by atoms with Gasteiger partial charge in [0.15, 0.2) is 8.32 Å². The number of nitrogens with one attached hydrogen (secondary N) is 1. The van der Waals surface area contributed by atoms with Crippen molar-refractivity contribution < 1.29 is 8.98 Å². The molecule has 0 radical (unpaired) electrons. The maximum absolute atomic E-state index is 12.6. The van der Waals surface area contributed by atoms with Gasteiger partial charge < -0.3 is 8.98 Å². The van der Waals surface area contributed by atoms with Crippen LogP contribution in [0.1, 0.15) is 60.6 Å². The van der Waals surface area contributed by atoms with Crippen LogP contribution in [-0.4, -0.2) is 34.7 Å². The Morgan fingerprint density at radius 1 is 1.19 bits per heavy atom. The molecule has 0 aliphatic carbocycles. The molecule has 150 valence electrons. The van der Waals surface area contributed by atoms with Crippen LogP contribution < -0.4 is 4.72 Å². The van der Waals surface area contributed by atoms with Gasteiger partial charge in [-0.05, 0) is 64.4 Å². The van der Waals surface area contributed by atoms with Gasteiger partial charge in [0.1, 0.15) is 4.75 Å². The molecule has 6 heteroatoms. The lowest BCUT2D eigenvalue weighted by molar-refractivity contribution is 0.177. The van der Waals surface area contributed by atoms with Crippen LogP contribution in [0.5, 0.6) is 0 Å². The fourth-order valence-corrected chi connectivity index (χ4v) is 4.69. The van der Waals surface area contributed by atoms with Crippen molar-refractivity contribution in [3.8, 4) is 0 Å². The zero-order valence-corrected chi connectivity index (χ0v) is 19.9. The third-order valence-corrected chi connectivity index (χ3v) is 11.2. The van der Waals surface area contributed by atoms with E-state index < -0.39 is 19.7 Å². The summed E-state index contributed by atoms with van der Waals surface area (Å²) in [5.74, 6) is 0. The maximum Gasteiger partial charge on any atom is 0.192 e. The van der Waals surface area contributed by atoms with Gasteiger partial charge in [0.2, 0.25) is 0 Å². The molecule has 1 rings (SSSR count). The molecule has 1 aromatic heterocycles. The van der Waals surface area contributed by atoms with Gasteiger partial charge in [-0.15, -0.1) is 4.72 Å². The zero-order valence-electron chi connectivity index (χ0n) is 18.1. The highest BCUT2D eigenvalue weighted by atomic mass is 32.2. The van der Waals surface area contributed by atoms with Gasteiger partial charge in [-0.3, -0.25) is 4.98 Å². The van der Waals surface area contributed by atoms with Gasteiger partial charge >= 0.3 is 0 Å². The van der Waals surface area contributed by atoms with Crippen LogP contribution in [0.4, 0.5) is 0 Å². The summed E-state index contributed by atoms with van der Waals surface area (Å²) in [6.07, 6.45) is 3.47. The Morgan fingerprint density at radius 3 is 2.27 bits per heavy atom. The highest BCUT2D eigenvalue weighted by Crippen LogP contribution is 2.37. The lowest BCUT2D eigenvalue weighted by Crippen LogP contribution is -2.48. The summed E-state index contributed by atoms with van der Waals surface area (Å²) in [7, 11) is -1.82. The van der Waals surface area contributed by atoms with Crippen LogP contribution in [0, 0.1) is 0 Å². The van der Waals surface area contributed by atoms with Crippen LogP contribution in [0.2, 0.25) is 18.1 Å². The monoisotopic (exact) mass is 398 g/mol. The summed E-state index contributed by atoms with van der Waals surface area (Å²) < 4.78 is 22.2. The Kier molecular flexibility index (Phi) is 8.36. The van der Waals surface area contributed by atoms with Gasteiger partial charge in [-0.25, -0.2) is 0 Å². The van der Waals surface area contributed by atoms with Crippen LogP contribution in [0.15, 0.2) is 24.4 Å². The Morgan fingerprint density at radius 2 is 1.81 bits per heavy atom. The molecule has 0 fully saturated rings. The minimum Gasteiger partial charge on any atom is -0.598 e. The van der Waals surface area contributed by atoms with Crippen LogP contribution in [0.25, 0.3) is 0 Å². The highest BCUT2D eigenvalue weighted by molar-refractivity contribution is 7.90. The molecule has 3 atom stereocenters. The van der Waals surface area contributed by atoms with E-state index in [2.05, 4.69) is 50.5 Å². The molecule has 4 nitrogen and oxygen atoms in total. The molecule has 1 heterocycles. The molecule has 0 bridgehead atoms. The average molecular weight is 399 g/mol. The predicted octanol–water partition coefficient (Wildman–Crippen LogP) is 4.84. The molecule has 0 aliphatic rings. The SMILES string of the molecule is CC(CC(Cc1ccccn1)N[S+]([O-])C(C)(C)C)O[Si](C)(C)C(C)(C)C. The first-order chi connectivity index (χ1) is 11.7. The van der Waals surface area contributed by atoms with E-state index in [0.717, 1.165) is 18.5 Å². The van der Waals surface area contributed by atoms with E-state index in [4.69, 9.17) is 4.43 Å². The standard InChI is InChI=1S/C20H38N2O2SSi/c1-16(24-26(8,9)20(5,6)7)14-18(22-25(23)19(2,3)4)15-17-12-10-11-13-21-17/h10-13,16,18,22H,14-15H2,1-9H3. The van der Waals surface area contributed by atoms with Gasteiger partial charge in [0.05, 0.1) is 6.04 Å². The van der Waals surface area contributed by atoms with E-state index >= 15 is 0 Å². The van der Waals surface area contributed by atoms with E-state index in [1.54, 1.807) is 0 Å². The maximum atomic E-state index is 12.6. The van der Waals surface area contributed by atoms with Gasteiger partial charge in [-0.1, -0.05) is 26.8 Å². The molecule has 0 saturated carbocycles. The zero-order chi connectivity index (χ0) is 20.2. The molecule has 0 amide bonds. The summed E-state index contributed by atoms with van der Waals surface area (Å²) in [6, 6.07) is 6.00. The summed E-state index contributed by atoms with van der Waals surface area (Å²) in [4.78, 5) is 4.44. The topological polar surface area (TPSA) is 57.2 Å². The molecule has 0 saturated heterocycles. The number of aromatic nitrogens is 1. The van der Waals surface area contributed by atoms with Crippen molar-refractivity contribution in [2.45, 2.75) is 96.3 Å². The lowest BCUT2D eigenvalue weighted by atomic mass is 10.1. The first kappa shape index (κ1) is 23.6. The van der Waals surface area contributed by atoms with Crippen molar-refractivity contribution in [2.24, 2.45) is 0 Å². The van der Waals surface area contributed by atoms with Crippen molar-refractivity contribution >= 4 is 19.7 Å². The first-order valence-corrected chi connectivity index (χ1v) is 13.5. The van der Waals surface area contributed by atoms with Crippen molar-refractivity contribution in [3.05, 3.63) is 30.1 Å². The Bertz CT molecular complexity index is 541. The Hall–Kier alpha value is -0.403. The van der Waals surface area contributed by atoms with Crippen molar-refractivity contribution in [1.29, 1.82) is 0 Å². The second-order valence-corrected chi connectivity index (χ2v) is 16.4. The second-order valence-electron chi connectivity index (χ2n) is 9.65. The number of hydrogen-bond acceptors (Lipinski definition) is 4. The first-order valence-electron chi connectivity index (χ1n) is 9.48. The molecule has 26 heavy (non-hydrogen) atoms. The normalized spacial score (nSPS) is 17.0. The fraction of sp³-hybridized carbons (Fsp3) is 0.750. The molecule has 3 unspecified atom stereocenters. The summed E-state index contributed by atoms with van der Waals surface area (Å²) >= 11 is -1.12. The van der Waals surface area contributed by atoms with E-state index in [1.165, 1.54) is 0 Å². The van der Waals surface area contributed by atoms with Gasteiger partial charge in [0, 0.05) is 35.8 Å². The van der Waals surface area contributed by atoms with E-state index in [-0.39, 0.29) is 21.9 Å². The molecular formula is C20H38N2O2SSi. The van der Waals surface area contributed by atoms with Crippen molar-refractivity contribution in [2.75, 3.05) is 0 Å². The highest BCUT2D eigenvalue weighted by Gasteiger charge is 2.39. The van der Waals surface area contributed by atoms with E-state index in [0.29, 0.717) is 0 Å². The Labute approximate surface area is 165 Å². The quantitative estimate of drug-likeness (QED) is 0.502. The van der Waals surface area contributed by atoms with Gasteiger partial charge in [0.25, 0.3) is 0 Å². The van der Waals surface area contributed by atoms with Crippen molar-refractivity contribution in [3.63, 3.8) is 0 Å². The molecule has 0 aliphatic heterocycles. The number of nitrogens with zero attached hydrogens (tertiary/aromatic N) is 1. The number of hydrogen-bond donors (Lipinski definition) is 1.